The van der Waals surface area contributed by atoms with Gasteiger partial charge >= 0.3 is 5.69 Å². The summed E-state index contributed by atoms with van der Waals surface area (Å²) < 4.78 is 39.6. The van der Waals surface area contributed by atoms with E-state index in [1.807, 2.05) is 0 Å². The van der Waals surface area contributed by atoms with Gasteiger partial charge in [0.05, 0.1) is 4.92 Å². The Morgan fingerprint density at radius 2 is 2.00 bits per heavy atom. The van der Waals surface area contributed by atoms with E-state index in [1.54, 1.807) is 11.4 Å². The van der Waals surface area contributed by atoms with Gasteiger partial charge in [-0.2, -0.15) is 4.39 Å². The number of sulfonamides is 1. The predicted octanol–water partition coefficient (Wildman–Crippen LogP) is 2.19. The van der Waals surface area contributed by atoms with Gasteiger partial charge in [0.1, 0.15) is 9.90 Å². The van der Waals surface area contributed by atoms with Gasteiger partial charge in [-0.25, -0.2) is 13.1 Å². The minimum Gasteiger partial charge on any atom is -0.378 e. The van der Waals surface area contributed by atoms with Crippen molar-refractivity contribution in [3.63, 3.8) is 0 Å². The molecule has 0 amide bonds. The molecular weight excluding hydrogens is 333 g/mol. The summed E-state index contributed by atoms with van der Waals surface area (Å²) in [6.45, 7) is 0.0861. The number of hydrogen-bond acceptors (Lipinski definition) is 6. The van der Waals surface area contributed by atoms with Crippen molar-refractivity contribution in [1.29, 1.82) is 0 Å². The second kappa shape index (κ2) is 6.81. The molecule has 0 aliphatic carbocycles. The molecule has 7 nitrogen and oxygen atoms in total. The first-order valence-electron chi connectivity index (χ1n) is 6.12. The quantitative estimate of drug-likeness (QED) is 0.455. The lowest BCUT2D eigenvalue weighted by Gasteiger charge is -2.08. The average Bonchev–Trinajstić information content (AvgIpc) is 2.98. The number of nitro groups is 1. The van der Waals surface area contributed by atoms with Crippen LogP contribution in [0.4, 0.5) is 15.8 Å². The van der Waals surface area contributed by atoms with Crippen LogP contribution in [0.3, 0.4) is 0 Å². The Morgan fingerprint density at radius 3 is 2.64 bits per heavy atom. The van der Waals surface area contributed by atoms with Crippen molar-refractivity contribution in [2.75, 3.05) is 18.4 Å². The number of anilines is 1. The molecule has 22 heavy (non-hydrogen) atoms. The van der Waals surface area contributed by atoms with Crippen molar-refractivity contribution in [2.24, 2.45) is 0 Å². The molecule has 0 aliphatic heterocycles. The topological polar surface area (TPSA) is 101 Å². The lowest BCUT2D eigenvalue weighted by Crippen LogP contribution is -2.28. The van der Waals surface area contributed by atoms with Crippen LogP contribution in [0, 0.1) is 15.9 Å². The summed E-state index contributed by atoms with van der Waals surface area (Å²) in [5, 5.41) is 15.1. The molecule has 2 aromatic rings. The molecule has 1 heterocycles. The van der Waals surface area contributed by atoms with Gasteiger partial charge in [-0.3, -0.25) is 10.1 Å². The predicted molar refractivity (Wildman–Crippen MR) is 81.1 cm³/mol. The van der Waals surface area contributed by atoms with Crippen LogP contribution in [0.5, 0.6) is 0 Å². The Balaban J connectivity index is 1.95. The standard InChI is InChI=1S/C12H12FN3O4S2/c13-9-3-1-4-10(12(9)16(17)18)14-6-7-15-22(19,20)11-5-2-8-21-11/h1-5,8,14-15H,6-7H2. The number of nitrogens with zero attached hydrogens (tertiary/aromatic N) is 1. The van der Waals surface area contributed by atoms with Crippen LogP contribution in [0.1, 0.15) is 0 Å². The van der Waals surface area contributed by atoms with Crippen LogP contribution in [0.2, 0.25) is 0 Å². The monoisotopic (exact) mass is 345 g/mol. The van der Waals surface area contributed by atoms with Gasteiger partial charge in [-0.1, -0.05) is 12.1 Å². The van der Waals surface area contributed by atoms with E-state index in [1.165, 1.54) is 18.2 Å². The maximum Gasteiger partial charge on any atom is 0.327 e. The molecule has 0 unspecified atom stereocenters. The van der Waals surface area contributed by atoms with Crippen molar-refractivity contribution in [2.45, 2.75) is 4.21 Å². The Hall–Kier alpha value is -2.04. The molecule has 2 N–H and O–H groups in total. The van der Waals surface area contributed by atoms with Crippen molar-refractivity contribution < 1.29 is 17.7 Å². The molecule has 0 fully saturated rings. The van der Waals surface area contributed by atoms with Crippen LogP contribution in [-0.2, 0) is 10.0 Å². The lowest BCUT2D eigenvalue weighted by molar-refractivity contribution is -0.386. The zero-order valence-electron chi connectivity index (χ0n) is 11.2. The molecule has 0 radical (unpaired) electrons. The largest absolute Gasteiger partial charge is 0.378 e. The number of hydrogen-bond donors (Lipinski definition) is 2. The number of nitro benzene ring substituents is 1. The summed E-state index contributed by atoms with van der Waals surface area (Å²) in [6, 6.07) is 6.77. The molecule has 1 aromatic carbocycles. The van der Waals surface area contributed by atoms with E-state index in [0.717, 1.165) is 17.4 Å². The van der Waals surface area contributed by atoms with E-state index < -0.39 is 26.5 Å². The van der Waals surface area contributed by atoms with E-state index >= 15 is 0 Å². The van der Waals surface area contributed by atoms with E-state index in [4.69, 9.17) is 0 Å². The minimum atomic E-state index is -3.59. The maximum absolute atomic E-state index is 13.4. The van der Waals surface area contributed by atoms with Gasteiger partial charge in [-0.05, 0) is 23.6 Å². The summed E-state index contributed by atoms with van der Waals surface area (Å²) in [7, 11) is -3.59. The number of benzene rings is 1. The van der Waals surface area contributed by atoms with Crippen LogP contribution < -0.4 is 10.0 Å². The molecule has 0 aliphatic rings. The van der Waals surface area contributed by atoms with E-state index in [0.29, 0.717) is 0 Å². The molecule has 0 atom stereocenters. The highest BCUT2D eigenvalue weighted by molar-refractivity contribution is 7.91. The number of para-hydroxylation sites is 1. The van der Waals surface area contributed by atoms with Crippen LogP contribution in [0.25, 0.3) is 0 Å². The van der Waals surface area contributed by atoms with Gasteiger partial charge in [-0.15, -0.1) is 11.3 Å². The van der Waals surface area contributed by atoms with Crippen molar-refractivity contribution in [1.82, 2.24) is 4.72 Å². The van der Waals surface area contributed by atoms with Crippen LogP contribution >= 0.6 is 11.3 Å². The fourth-order valence-electron chi connectivity index (χ4n) is 1.71. The number of nitrogens with one attached hydrogen (secondary N) is 2. The Morgan fingerprint density at radius 1 is 1.23 bits per heavy atom. The summed E-state index contributed by atoms with van der Waals surface area (Å²) in [5.41, 5.74) is -0.663. The molecule has 1 aromatic heterocycles. The zero-order chi connectivity index (χ0) is 16.2. The van der Waals surface area contributed by atoms with Gasteiger partial charge in [0.15, 0.2) is 0 Å². The number of rotatable bonds is 7. The third-order valence-corrected chi connectivity index (χ3v) is 5.52. The third-order valence-electron chi connectivity index (χ3n) is 2.66. The minimum absolute atomic E-state index is 0.000298. The Bertz CT molecular complexity index is 763. The van der Waals surface area contributed by atoms with E-state index in [2.05, 4.69) is 10.0 Å². The average molecular weight is 345 g/mol. The van der Waals surface area contributed by atoms with Gasteiger partial charge in [0.25, 0.3) is 0 Å². The van der Waals surface area contributed by atoms with Crippen molar-refractivity contribution in [3.05, 3.63) is 51.6 Å². The highest BCUT2D eigenvalue weighted by Crippen LogP contribution is 2.26. The molecule has 10 heteroatoms. The van der Waals surface area contributed by atoms with Crippen LogP contribution in [-0.4, -0.2) is 26.4 Å². The first-order valence-corrected chi connectivity index (χ1v) is 8.48. The summed E-state index contributed by atoms with van der Waals surface area (Å²) in [4.78, 5) is 9.98. The Labute approximate surface area is 130 Å². The van der Waals surface area contributed by atoms with Crippen molar-refractivity contribution in [3.8, 4) is 0 Å². The maximum atomic E-state index is 13.4. The van der Waals surface area contributed by atoms with Gasteiger partial charge in [0.2, 0.25) is 15.8 Å². The lowest BCUT2D eigenvalue weighted by atomic mass is 10.2. The summed E-state index contributed by atoms with van der Waals surface area (Å²) >= 11 is 1.08. The third kappa shape index (κ3) is 3.78. The molecule has 2 rings (SSSR count). The van der Waals surface area contributed by atoms with E-state index in [9.17, 15) is 22.9 Å². The molecule has 0 bridgehead atoms. The zero-order valence-corrected chi connectivity index (χ0v) is 12.8. The smallest absolute Gasteiger partial charge is 0.327 e. The fourth-order valence-corrected chi connectivity index (χ4v) is 3.78. The Kier molecular flexibility index (Phi) is 5.06. The second-order valence-corrected chi connectivity index (χ2v) is 7.09. The number of thiophene rings is 1. The van der Waals surface area contributed by atoms with Crippen LogP contribution in [0.15, 0.2) is 39.9 Å². The first kappa shape index (κ1) is 16.3. The molecule has 118 valence electrons. The highest BCUT2D eigenvalue weighted by atomic mass is 32.2. The second-order valence-electron chi connectivity index (χ2n) is 4.15. The highest BCUT2D eigenvalue weighted by Gasteiger charge is 2.19. The molecular formula is C12H12FN3O4S2. The van der Waals surface area contributed by atoms with E-state index in [-0.39, 0.29) is 23.0 Å². The normalized spacial score (nSPS) is 11.3. The van der Waals surface area contributed by atoms with Gasteiger partial charge in [0, 0.05) is 13.1 Å². The SMILES string of the molecule is O=[N+]([O-])c1c(F)cccc1NCCNS(=O)(=O)c1cccs1. The summed E-state index contributed by atoms with van der Waals surface area (Å²) in [6.07, 6.45) is 0. The molecule has 0 saturated heterocycles. The molecule has 0 saturated carbocycles. The fraction of sp³-hybridized carbons (Fsp3) is 0.167. The molecule has 0 spiro atoms. The summed E-state index contributed by atoms with van der Waals surface area (Å²) in [5.74, 6) is -0.950. The van der Waals surface area contributed by atoms with Gasteiger partial charge < -0.3 is 5.32 Å². The first-order chi connectivity index (χ1) is 10.4. The number of halogens is 1. The van der Waals surface area contributed by atoms with Crippen molar-refractivity contribution >= 4 is 32.7 Å².